The number of carbonyl (C=O) groups is 2. The standard InChI is InChI=1S/C19H28N2O4.ClH/c1-20(13-16-5-7-17(25-2)8-6-16)18(22)14-21-10-3-4-15(9-11-21)12-19(23)24;/h5-8,15H,3-4,9-14H2,1-2H3,(H,23,24);1H. The molecule has 1 saturated heterocycles. The summed E-state index contributed by atoms with van der Waals surface area (Å²) >= 11 is 0. The van der Waals surface area contributed by atoms with Crippen LogP contribution in [0, 0.1) is 5.92 Å². The third kappa shape index (κ3) is 7.22. The number of methoxy groups -OCH3 is 1. The number of halogens is 1. The minimum absolute atomic E-state index is 0. The van der Waals surface area contributed by atoms with Gasteiger partial charge in [-0.15, -0.1) is 12.4 Å². The van der Waals surface area contributed by atoms with Crippen LogP contribution in [0.1, 0.15) is 31.2 Å². The number of benzene rings is 1. The van der Waals surface area contributed by atoms with Gasteiger partial charge >= 0.3 is 5.97 Å². The molecule has 1 aromatic rings. The highest BCUT2D eigenvalue weighted by Gasteiger charge is 2.21. The number of hydrogen-bond donors (Lipinski definition) is 1. The summed E-state index contributed by atoms with van der Waals surface area (Å²) in [5.74, 6) is 0.397. The van der Waals surface area contributed by atoms with Crippen molar-refractivity contribution in [2.45, 2.75) is 32.2 Å². The Hall–Kier alpha value is -1.79. The molecule has 146 valence electrons. The molecule has 0 radical (unpaired) electrons. The van der Waals surface area contributed by atoms with E-state index in [0.717, 1.165) is 43.7 Å². The Labute approximate surface area is 161 Å². The Balaban J connectivity index is 0.00000338. The largest absolute Gasteiger partial charge is 0.497 e. The number of rotatable bonds is 7. The molecule has 1 aromatic carbocycles. The average Bonchev–Trinajstić information content (AvgIpc) is 2.80. The highest BCUT2D eigenvalue weighted by atomic mass is 35.5. The van der Waals surface area contributed by atoms with E-state index >= 15 is 0 Å². The van der Waals surface area contributed by atoms with Crippen molar-refractivity contribution in [3.8, 4) is 5.75 Å². The van der Waals surface area contributed by atoms with Crippen molar-refractivity contribution in [1.82, 2.24) is 9.80 Å². The lowest BCUT2D eigenvalue weighted by molar-refractivity contribution is -0.138. The number of amides is 1. The first-order valence-electron chi connectivity index (χ1n) is 8.79. The van der Waals surface area contributed by atoms with Gasteiger partial charge in [0.25, 0.3) is 0 Å². The zero-order valence-corrected chi connectivity index (χ0v) is 16.3. The molecule has 0 bridgehead atoms. The molecule has 1 atom stereocenters. The van der Waals surface area contributed by atoms with Crippen molar-refractivity contribution in [3.63, 3.8) is 0 Å². The van der Waals surface area contributed by atoms with Crippen LogP contribution in [0.2, 0.25) is 0 Å². The molecule has 2 rings (SSSR count). The smallest absolute Gasteiger partial charge is 0.303 e. The maximum absolute atomic E-state index is 12.5. The number of ether oxygens (including phenoxy) is 1. The van der Waals surface area contributed by atoms with Crippen LogP contribution >= 0.6 is 12.4 Å². The predicted octanol–water partition coefficient (Wildman–Crippen LogP) is 2.65. The van der Waals surface area contributed by atoms with Crippen LogP contribution in [0.15, 0.2) is 24.3 Å². The monoisotopic (exact) mass is 384 g/mol. The van der Waals surface area contributed by atoms with E-state index < -0.39 is 5.97 Å². The number of carboxylic acids is 1. The fraction of sp³-hybridized carbons (Fsp3) is 0.579. The van der Waals surface area contributed by atoms with Gasteiger partial charge in [0, 0.05) is 20.0 Å². The van der Waals surface area contributed by atoms with E-state index in [4.69, 9.17) is 9.84 Å². The molecular weight excluding hydrogens is 356 g/mol. The first kappa shape index (κ1) is 22.3. The maximum Gasteiger partial charge on any atom is 0.303 e. The Morgan fingerprint density at radius 1 is 1.23 bits per heavy atom. The van der Waals surface area contributed by atoms with E-state index in [1.807, 2.05) is 31.3 Å². The van der Waals surface area contributed by atoms with Gasteiger partial charge in [0.2, 0.25) is 5.91 Å². The van der Waals surface area contributed by atoms with Gasteiger partial charge in [-0.1, -0.05) is 12.1 Å². The Morgan fingerprint density at radius 2 is 1.92 bits per heavy atom. The fourth-order valence-corrected chi connectivity index (χ4v) is 3.24. The SMILES string of the molecule is COc1ccc(CN(C)C(=O)CN2CCCC(CC(=O)O)CC2)cc1.Cl. The number of likely N-dealkylation sites (tertiary alicyclic amines) is 1. The lowest BCUT2D eigenvalue weighted by Gasteiger charge is -2.24. The Kier molecular flexibility index (Phi) is 9.44. The minimum atomic E-state index is -0.728. The zero-order chi connectivity index (χ0) is 18.2. The summed E-state index contributed by atoms with van der Waals surface area (Å²) in [6.45, 7) is 2.61. The highest BCUT2D eigenvalue weighted by molar-refractivity contribution is 5.85. The number of hydrogen-bond acceptors (Lipinski definition) is 4. The molecule has 26 heavy (non-hydrogen) atoms. The number of likely N-dealkylation sites (N-methyl/N-ethyl adjacent to an activating group) is 1. The number of nitrogens with zero attached hydrogens (tertiary/aromatic N) is 2. The van der Waals surface area contributed by atoms with Gasteiger partial charge in [0.1, 0.15) is 5.75 Å². The van der Waals surface area contributed by atoms with Crippen LogP contribution in [-0.2, 0) is 16.1 Å². The zero-order valence-electron chi connectivity index (χ0n) is 15.5. The molecule has 6 nitrogen and oxygen atoms in total. The summed E-state index contributed by atoms with van der Waals surface area (Å²) in [5, 5.41) is 8.93. The van der Waals surface area contributed by atoms with Crippen molar-refractivity contribution in [2.75, 3.05) is 33.8 Å². The second-order valence-corrected chi connectivity index (χ2v) is 6.77. The molecule has 1 aliphatic rings. The molecule has 7 heteroatoms. The third-order valence-electron chi connectivity index (χ3n) is 4.77. The van der Waals surface area contributed by atoms with Crippen LogP contribution in [0.5, 0.6) is 5.75 Å². The van der Waals surface area contributed by atoms with E-state index in [1.54, 1.807) is 12.0 Å². The van der Waals surface area contributed by atoms with Gasteiger partial charge in [-0.05, 0) is 56.0 Å². The topological polar surface area (TPSA) is 70.1 Å². The van der Waals surface area contributed by atoms with E-state index in [0.29, 0.717) is 13.1 Å². The van der Waals surface area contributed by atoms with E-state index in [9.17, 15) is 9.59 Å². The van der Waals surface area contributed by atoms with Gasteiger partial charge < -0.3 is 14.7 Å². The normalized spacial score (nSPS) is 17.7. The van der Waals surface area contributed by atoms with Gasteiger partial charge in [-0.3, -0.25) is 14.5 Å². The highest BCUT2D eigenvalue weighted by Crippen LogP contribution is 2.20. The lowest BCUT2D eigenvalue weighted by atomic mass is 9.97. The maximum atomic E-state index is 12.5. The molecular formula is C19H29ClN2O4. The van der Waals surface area contributed by atoms with Gasteiger partial charge in [-0.2, -0.15) is 0 Å². The summed E-state index contributed by atoms with van der Waals surface area (Å²) in [6.07, 6.45) is 2.97. The van der Waals surface area contributed by atoms with Gasteiger partial charge in [0.05, 0.1) is 13.7 Å². The first-order valence-corrected chi connectivity index (χ1v) is 8.79. The van der Waals surface area contributed by atoms with Crippen molar-refractivity contribution < 1.29 is 19.4 Å². The molecule has 0 aliphatic carbocycles. The number of carbonyl (C=O) groups excluding carboxylic acids is 1. The van der Waals surface area contributed by atoms with Crippen molar-refractivity contribution in [1.29, 1.82) is 0 Å². The molecule has 0 saturated carbocycles. The molecule has 1 N–H and O–H groups in total. The summed E-state index contributed by atoms with van der Waals surface area (Å²) in [4.78, 5) is 27.2. The van der Waals surface area contributed by atoms with Crippen LogP contribution in [0.3, 0.4) is 0 Å². The Bertz CT molecular complexity index is 579. The first-order chi connectivity index (χ1) is 12.0. The molecule has 1 amide bonds. The molecule has 0 aromatic heterocycles. The molecule has 1 aliphatic heterocycles. The number of carboxylic acid groups (broad SMARTS) is 1. The second kappa shape index (κ2) is 11.0. The van der Waals surface area contributed by atoms with Crippen molar-refractivity contribution >= 4 is 24.3 Å². The van der Waals surface area contributed by atoms with Crippen LogP contribution in [0.25, 0.3) is 0 Å². The second-order valence-electron chi connectivity index (χ2n) is 6.77. The summed E-state index contributed by atoms with van der Waals surface area (Å²) in [7, 11) is 3.45. The number of aliphatic carboxylic acids is 1. The lowest BCUT2D eigenvalue weighted by Crippen LogP contribution is -2.38. The third-order valence-corrected chi connectivity index (χ3v) is 4.77. The summed E-state index contributed by atoms with van der Waals surface area (Å²) in [5.41, 5.74) is 1.06. The van der Waals surface area contributed by atoms with E-state index in [2.05, 4.69) is 4.90 Å². The minimum Gasteiger partial charge on any atom is -0.497 e. The fourth-order valence-electron chi connectivity index (χ4n) is 3.24. The van der Waals surface area contributed by atoms with Crippen LogP contribution < -0.4 is 4.74 Å². The summed E-state index contributed by atoms with van der Waals surface area (Å²) in [6, 6.07) is 7.71. The molecule has 0 spiro atoms. The van der Waals surface area contributed by atoms with Crippen molar-refractivity contribution in [3.05, 3.63) is 29.8 Å². The predicted molar refractivity (Wildman–Crippen MR) is 103 cm³/mol. The van der Waals surface area contributed by atoms with E-state index in [1.165, 1.54) is 0 Å². The quantitative estimate of drug-likeness (QED) is 0.782. The van der Waals surface area contributed by atoms with Crippen molar-refractivity contribution in [2.24, 2.45) is 5.92 Å². The van der Waals surface area contributed by atoms with Crippen LogP contribution in [0.4, 0.5) is 0 Å². The van der Waals surface area contributed by atoms with E-state index in [-0.39, 0.29) is 30.7 Å². The van der Waals surface area contributed by atoms with Crippen LogP contribution in [-0.4, -0.2) is 60.6 Å². The molecule has 1 unspecified atom stereocenters. The van der Waals surface area contributed by atoms with Gasteiger partial charge in [0.15, 0.2) is 0 Å². The Morgan fingerprint density at radius 3 is 2.54 bits per heavy atom. The summed E-state index contributed by atoms with van der Waals surface area (Å²) < 4.78 is 5.14. The van der Waals surface area contributed by atoms with Gasteiger partial charge in [-0.25, -0.2) is 0 Å². The molecule has 1 heterocycles. The molecule has 1 fully saturated rings. The average molecular weight is 385 g/mol.